The third-order valence-electron chi connectivity index (χ3n) is 3.76. The number of benzene rings is 1. The van der Waals surface area contributed by atoms with Crippen LogP contribution in [-0.4, -0.2) is 29.9 Å². The third kappa shape index (κ3) is 7.00. The fraction of sp³-hybridized carbons (Fsp3) is 0.278. The molecular weight excluding hydrogens is 375 g/mol. The molecule has 1 aliphatic rings. The van der Waals surface area contributed by atoms with Crippen LogP contribution >= 0.6 is 24.8 Å². The van der Waals surface area contributed by atoms with E-state index in [2.05, 4.69) is 20.9 Å². The Hall–Kier alpha value is -2.15. The number of carbonyl (C=O) groups is 2. The van der Waals surface area contributed by atoms with Crippen molar-refractivity contribution < 1.29 is 9.59 Å². The first-order valence-corrected chi connectivity index (χ1v) is 8.03. The highest BCUT2D eigenvalue weighted by molar-refractivity contribution is 6.05. The van der Waals surface area contributed by atoms with Gasteiger partial charge in [0, 0.05) is 29.3 Å². The van der Waals surface area contributed by atoms with Crippen LogP contribution in [0.4, 0.5) is 11.4 Å². The Morgan fingerprint density at radius 2 is 1.73 bits per heavy atom. The predicted octanol–water partition coefficient (Wildman–Crippen LogP) is 3.12. The number of nitrogens with one attached hydrogen (secondary N) is 3. The number of pyridine rings is 1. The molecule has 3 N–H and O–H groups in total. The summed E-state index contributed by atoms with van der Waals surface area (Å²) in [5, 5.41) is 8.73. The smallest absolute Gasteiger partial charge is 0.255 e. The molecule has 1 aliphatic carbocycles. The highest BCUT2D eigenvalue weighted by atomic mass is 35.5. The van der Waals surface area contributed by atoms with E-state index in [0.717, 1.165) is 12.5 Å². The molecule has 0 spiro atoms. The molecule has 0 atom stereocenters. The number of rotatable bonds is 7. The molecule has 2 amide bonds. The van der Waals surface area contributed by atoms with Gasteiger partial charge >= 0.3 is 0 Å². The van der Waals surface area contributed by atoms with Gasteiger partial charge < -0.3 is 16.0 Å². The molecule has 26 heavy (non-hydrogen) atoms. The van der Waals surface area contributed by atoms with Crippen molar-refractivity contribution in [2.75, 3.05) is 23.7 Å². The van der Waals surface area contributed by atoms with Crippen LogP contribution in [0, 0.1) is 5.92 Å². The van der Waals surface area contributed by atoms with E-state index in [-0.39, 0.29) is 43.2 Å². The molecule has 0 radical (unpaired) electrons. The molecule has 0 aliphatic heterocycles. The molecule has 8 heteroatoms. The van der Waals surface area contributed by atoms with Crippen molar-refractivity contribution in [1.82, 2.24) is 10.3 Å². The standard InChI is InChI=1S/C18H20N4O2.2ClH/c23-17(12-20-11-13-4-5-13)21-16-3-1-2-14(10-16)18(24)22-15-6-8-19-9-7-15;;/h1-3,6-10,13,20H,4-5,11-12H2,(H,21,23)(H,19,22,24);2*1H. The van der Waals surface area contributed by atoms with Crippen LogP contribution in [0.25, 0.3) is 0 Å². The lowest BCUT2D eigenvalue weighted by molar-refractivity contribution is -0.115. The van der Waals surface area contributed by atoms with Crippen molar-refractivity contribution in [2.24, 2.45) is 5.92 Å². The fourth-order valence-electron chi connectivity index (χ4n) is 2.29. The number of hydrogen-bond donors (Lipinski definition) is 3. The molecule has 3 rings (SSSR count). The Morgan fingerprint density at radius 3 is 2.42 bits per heavy atom. The summed E-state index contributed by atoms with van der Waals surface area (Å²) < 4.78 is 0. The second kappa shape index (κ2) is 10.8. The molecule has 1 fully saturated rings. The van der Waals surface area contributed by atoms with Gasteiger partial charge in [0.2, 0.25) is 5.91 Å². The Morgan fingerprint density at radius 1 is 1.00 bits per heavy atom. The Labute approximate surface area is 165 Å². The van der Waals surface area contributed by atoms with Gasteiger partial charge in [-0.3, -0.25) is 14.6 Å². The van der Waals surface area contributed by atoms with Crippen LogP contribution in [0.3, 0.4) is 0 Å². The van der Waals surface area contributed by atoms with Gasteiger partial charge in [-0.05, 0) is 55.6 Å². The van der Waals surface area contributed by atoms with Crippen molar-refractivity contribution >= 4 is 48.0 Å². The highest BCUT2D eigenvalue weighted by Crippen LogP contribution is 2.27. The van der Waals surface area contributed by atoms with E-state index >= 15 is 0 Å². The minimum absolute atomic E-state index is 0. The van der Waals surface area contributed by atoms with Crippen LogP contribution in [-0.2, 0) is 4.79 Å². The van der Waals surface area contributed by atoms with Crippen molar-refractivity contribution in [1.29, 1.82) is 0 Å². The molecule has 6 nitrogen and oxygen atoms in total. The molecule has 0 bridgehead atoms. The number of amides is 2. The monoisotopic (exact) mass is 396 g/mol. The number of hydrogen-bond acceptors (Lipinski definition) is 4. The quantitative estimate of drug-likeness (QED) is 0.671. The first-order chi connectivity index (χ1) is 11.7. The lowest BCUT2D eigenvalue weighted by atomic mass is 10.2. The molecule has 1 aromatic carbocycles. The maximum absolute atomic E-state index is 12.2. The summed E-state index contributed by atoms with van der Waals surface area (Å²) in [4.78, 5) is 28.1. The maximum atomic E-state index is 12.2. The molecular formula is C18H22Cl2N4O2. The van der Waals surface area contributed by atoms with Crippen LogP contribution in [0.5, 0.6) is 0 Å². The van der Waals surface area contributed by atoms with E-state index < -0.39 is 0 Å². The number of nitrogens with zero attached hydrogens (tertiary/aromatic N) is 1. The van der Waals surface area contributed by atoms with Gasteiger partial charge in [0.25, 0.3) is 5.91 Å². The fourth-order valence-corrected chi connectivity index (χ4v) is 2.29. The molecule has 1 saturated carbocycles. The van der Waals surface area contributed by atoms with Gasteiger partial charge in [-0.25, -0.2) is 0 Å². The van der Waals surface area contributed by atoms with Crippen LogP contribution < -0.4 is 16.0 Å². The molecule has 0 saturated heterocycles. The van der Waals surface area contributed by atoms with E-state index in [4.69, 9.17) is 0 Å². The zero-order valence-electron chi connectivity index (χ0n) is 14.1. The van der Waals surface area contributed by atoms with E-state index in [1.54, 1.807) is 48.8 Å². The first kappa shape index (κ1) is 21.9. The molecule has 140 valence electrons. The normalized spacial score (nSPS) is 12.3. The number of carbonyl (C=O) groups excluding carboxylic acids is 2. The number of halogens is 2. The predicted molar refractivity (Wildman–Crippen MR) is 107 cm³/mol. The average molecular weight is 397 g/mol. The summed E-state index contributed by atoms with van der Waals surface area (Å²) in [6, 6.07) is 10.3. The van der Waals surface area contributed by atoms with Crippen molar-refractivity contribution in [3.8, 4) is 0 Å². The summed E-state index contributed by atoms with van der Waals surface area (Å²) in [6.45, 7) is 1.17. The third-order valence-corrected chi connectivity index (χ3v) is 3.76. The second-order valence-electron chi connectivity index (χ2n) is 5.89. The zero-order chi connectivity index (χ0) is 16.8. The average Bonchev–Trinajstić information content (AvgIpc) is 3.40. The zero-order valence-corrected chi connectivity index (χ0v) is 15.7. The van der Waals surface area contributed by atoms with Crippen molar-refractivity contribution in [3.05, 3.63) is 54.4 Å². The minimum Gasteiger partial charge on any atom is -0.325 e. The minimum atomic E-state index is -0.232. The van der Waals surface area contributed by atoms with Crippen molar-refractivity contribution in [2.45, 2.75) is 12.8 Å². The van der Waals surface area contributed by atoms with E-state index in [9.17, 15) is 9.59 Å². The van der Waals surface area contributed by atoms with E-state index in [0.29, 0.717) is 16.9 Å². The van der Waals surface area contributed by atoms with Gasteiger partial charge in [0.05, 0.1) is 6.54 Å². The Bertz CT molecular complexity index is 724. The highest BCUT2D eigenvalue weighted by Gasteiger charge is 2.20. The van der Waals surface area contributed by atoms with Gasteiger partial charge in [-0.2, -0.15) is 0 Å². The molecule has 2 aromatic rings. The van der Waals surface area contributed by atoms with Gasteiger partial charge in [0.1, 0.15) is 0 Å². The summed E-state index contributed by atoms with van der Waals surface area (Å²) in [5.74, 6) is 0.393. The SMILES string of the molecule is Cl.Cl.O=C(CNCC1CC1)Nc1cccc(C(=O)Nc2ccncc2)c1. The Balaban J connectivity index is 0.00000169. The lowest BCUT2D eigenvalue weighted by Crippen LogP contribution is -2.29. The summed E-state index contributed by atoms with van der Waals surface area (Å²) >= 11 is 0. The summed E-state index contributed by atoms with van der Waals surface area (Å²) in [6.07, 6.45) is 5.73. The van der Waals surface area contributed by atoms with Gasteiger partial charge in [-0.1, -0.05) is 6.07 Å². The first-order valence-electron chi connectivity index (χ1n) is 8.03. The second-order valence-corrected chi connectivity index (χ2v) is 5.89. The van der Waals surface area contributed by atoms with E-state index in [1.807, 2.05) is 0 Å². The molecule has 1 heterocycles. The number of anilines is 2. The van der Waals surface area contributed by atoms with Crippen LogP contribution in [0.2, 0.25) is 0 Å². The van der Waals surface area contributed by atoms with Gasteiger partial charge in [-0.15, -0.1) is 24.8 Å². The van der Waals surface area contributed by atoms with Crippen LogP contribution in [0.15, 0.2) is 48.8 Å². The van der Waals surface area contributed by atoms with Gasteiger partial charge in [0.15, 0.2) is 0 Å². The van der Waals surface area contributed by atoms with E-state index in [1.165, 1.54) is 12.8 Å². The maximum Gasteiger partial charge on any atom is 0.255 e. The Kier molecular flexibility index (Phi) is 9.05. The summed E-state index contributed by atoms with van der Waals surface area (Å²) in [5.41, 5.74) is 1.76. The topological polar surface area (TPSA) is 83.1 Å². The summed E-state index contributed by atoms with van der Waals surface area (Å²) in [7, 11) is 0. The number of aromatic nitrogens is 1. The van der Waals surface area contributed by atoms with Crippen molar-refractivity contribution in [3.63, 3.8) is 0 Å². The lowest BCUT2D eigenvalue weighted by Gasteiger charge is -2.09. The largest absolute Gasteiger partial charge is 0.325 e. The van der Waals surface area contributed by atoms with Crippen LogP contribution in [0.1, 0.15) is 23.2 Å². The molecule has 1 aromatic heterocycles. The molecule has 0 unspecified atom stereocenters.